The van der Waals surface area contributed by atoms with E-state index in [0.29, 0.717) is 12.8 Å². The first-order valence-electron chi connectivity index (χ1n) is 6.53. The van der Waals surface area contributed by atoms with Crippen molar-refractivity contribution in [2.24, 2.45) is 5.73 Å². The molecule has 3 N–H and O–H groups in total. The van der Waals surface area contributed by atoms with Gasteiger partial charge in [0.05, 0.1) is 23.0 Å². The molecule has 0 spiro atoms. The first-order valence-corrected chi connectivity index (χ1v) is 8.07. The minimum atomic E-state index is -3.43. The molecule has 1 aromatic rings. The normalized spacial score (nSPS) is 15.7. The predicted molar refractivity (Wildman–Crippen MR) is 77.1 cm³/mol. The number of nitrogens with one attached hydrogen (secondary N) is 1. The quantitative estimate of drug-likeness (QED) is 0.836. The van der Waals surface area contributed by atoms with Crippen molar-refractivity contribution in [2.75, 3.05) is 11.3 Å². The number of anilines is 1. The summed E-state index contributed by atoms with van der Waals surface area (Å²) in [6.07, 6.45) is 3.18. The molecule has 0 bridgehead atoms. The summed E-state index contributed by atoms with van der Waals surface area (Å²) in [5, 5.41) is -0.373. The van der Waals surface area contributed by atoms with Gasteiger partial charge in [-0.1, -0.05) is 24.7 Å². The van der Waals surface area contributed by atoms with Crippen LogP contribution in [0.15, 0.2) is 18.2 Å². The smallest absolute Gasteiger partial charge is 0.235 e. The molecule has 1 aliphatic rings. The second-order valence-corrected chi connectivity index (χ2v) is 6.71. The Balaban J connectivity index is 2.16. The van der Waals surface area contributed by atoms with Crippen molar-refractivity contribution in [1.29, 1.82) is 0 Å². The molecule has 2 rings (SSSR count). The summed E-state index contributed by atoms with van der Waals surface area (Å²) in [6, 6.07) is 4.10. The van der Waals surface area contributed by atoms with Gasteiger partial charge in [0, 0.05) is 0 Å². The number of sulfonamides is 1. The largest absolute Gasteiger partial charge is 0.320 e. The minimum Gasteiger partial charge on any atom is -0.320 e. The van der Waals surface area contributed by atoms with Gasteiger partial charge >= 0.3 is 0 Å². The zero-order valence-corrected chi connectivity index (χ0v) is 11.8. The van der Waals surface area contributed by atoms with Crippen LogP contribution in [0.4, 0.5) is 10.1 Å². The van der Waals surface area contributed by atoms with Crippen molar-refractivity contribution in [3.8, 4) is 11.8 Å². The van der Waals surface area contributed by atoms with Crippen LogP contribution in [0.2, 0.25) is 0 Å². The van der Waals surface area contributed by atoms with Crippen molar-refractivity contribution in [1.82, 2.24) is 0 Å². The lowest BCUT2D eigenvalue weighted by atomic mass is 10.2. The first-order chi connectivity index (χ1) is 9.53. The second kappa shape index (κ2) is 6.25. The van der Waals surface area contributed by atoms with Gasteiger partial charge < -0.3 is 5.73 Å². The molecule has 1 aliphatic carbocycles. The maximum atomic E-state index is 13.7. The Bertz CT molecular complexity index is 641. The zero-order chi connectivity index (χ0) is 14.6. The summed E-state index contributed by atoms with van der Waals surface area (Å²) in [6.45, 7) is 0.148. The van der Waals surface area contributed by atoms with E-state index in [1.165, 1.54) is 12.1 Å². The van der Waals surface area contributed by atoms with Crippen molar-refractivity contribution in [3.05, 3.63) is 29.6 Å². The highest BCUT2D eigenvalue weighted by atomic mass is 32.2. The first kappa shape index (κ1) is 14.8. The van der Waals surface area contributed by atoms with Crippen molar-refractivity contribution < 1.29 is 12.8 Å². The summed E-state index contributed by atoms with van der Waals surface area (Å²) in [7, 11) is -3.43. The van der Waals surface area contributed by atoms with Crippen LogP contribution in [-0.2, 0) is 10.0 Å². The van der Waals surface area contributed by atoms with Crippen molar-refractivity contribution in [2.45, 2.75) is 30.9 Å². The van der Waals surface area contributed by atoms with Gasteiger partial charge in [-0.25, -0.2) is 12.8 Å². The van der Waals surface area contributed by atoms with E-state index < -0.39 is 15.8 Å². The van der Waals surface area contributed by atoms with Gasteiger partial charge in [0.25, 0.3) is 0 Å². The summed E-state index contributed by atoms with van der Waals surface area (Å²) in [4.78, 5) is 0. The number of benzene rings is 1. The van der Waals surface area contributed by atoms with Gasteiger partial charge in [-0.15, -0.1) is 0 Å². The van der Waals surface area contributed by atoms with E-state index in [1.807, 2.05) is 0 Å². The van der Waals surface area contributed by atoms with Crippen LogP contribution in [0.1, 0.15) is 31.2 Å². The van der Waals surface area contributed by atoms with Gasteiger partial charge in [-0.2, -0.15) is 0 Å². The molecule has 0 unspecified atom stereocenters. The van der Waals surface area contributed by atoms with Crippen molar-refractivity contribution in [3.63, 3.8) is 0 Å². The molecule has 108 valence electrons. The van der Waals surface area contributed by atoms with Crippen LogP contribution in [0.25, 0.3) is 0 Å². The molecular weight excluding hydrogens is 279 g/mol. The molecule has 0 radical (unpaired) electrons. The maximum absolute atomic E-state index is 13.7. The highest BCUT2D eigenvalue weighted by Crippen LogP contribution is 2.26. The van der Waals surface area contributed by atoms with Gasteiger partial charge in [-0.3, -0.25) is 4.72 Å². The summed E-state index contributed by atoms with van der Waals surface area (Å²) >= 11 is 0. The standard InChI is InChI=1S/C14H17FN2O2S/c15-14-10-12(8-7-11(14)4-3-9-16)17-20(18,19)13-5-1-2-6-13/h7-8,10,13,17H,1-2,5-6,9,16H2. The molecule has 0 saturated heterocycles. The summed E-state index contributed by atoms with van der Waals surface area (Å²) in [5.74, 6) is 4.59. The highest BCUT2D eigenvalue weighted by Gasteiger charge is 2.28. The molecule has 6 heteroatoms. The van der Waals surface area contributed by atoms with Crippen LogP contribution in [0.5, 0.6) is 0 Å². The summed E-state index contributed by atoms with van der Waals surface area (Å²) < 4.78 is 40.4. The number of nitrogens with two attached hydrogens (primary N) is 1. The Labute approximate surface area is 118 Å². The molecule has 0 aromatic heterocycles. The Morgan fingerprint density at radius 1 is 1.35 bits per heavy atom. The average Bonchev–Trinajstić information content (AvgIpc) is 2.92. The molecule has 1 fully saturated rings. The molecule has 0 heterocycles. The summed E-state index contributed by atoms with van der Waals surface area (Å²) in [5.41, 5.74) is 5.66. The Morgan fingerprint density at radius 3 is 2.65 bits per heavy atom. The average molecular weight is 296 g/mol. The number of hydrogen-bond donors (Lipinski definition) is 2. The number of hydrogen-bond acceptors (Lipinski definition) is 3. The van der Waals surface area contributed by atoms with E-state index in [2.05, 4.69) is 16.6 Å². The molecule has 0 amide bonds. The number of halogens is 1. The Hall–Kier alpha value is -1.58. The van der Waals surface area contributed by atoms with Crippen LogP contribution in [-0.4, -0.2) is 20.2 Å². The third kappa shape index (κ3) is 3.50. The van der Waals surface area contributed by atoms with E-state index in [1.54, 1.807) is 0 Å². The third-order valence-corrected chi connectivity index (χ3v) is 5.16. The molecule has 0 atom stereocenters. The molecule has 0 aliphatic heterocycles. The van der Waals surface area contributed by atoms with E-state index in [9.17, 15) is 12.8 Å². The van der Waals surface area contributed by atoms with Gasteiger partial charge in [-0.05, 0) is 31.0 Å². The molecule has 4 nitrogen and oxygen atoms in total. The van der Waals surface area contributed by atoms with Gasteiger partial charge in [0.15, 0.2) is 0 Å². The fourth-order valence-corrected chi connectivity index (χ4v) is 3.85. The van der Waals surface area contributed by atoms with E-state index in [4.69, 9.17) is 5.73 Å². The van der Waals surface area contributed by atoms with Crippen molar-refractivity contribution >= 4 is 15.7 Å². The van der Waals surface area contributed by atoms with Crippen LogP contribution < -0.4 is 10.5 Å². The Morgan fingerprint density at radius 2 is 2.05 bits per heavy atom. The highest BCUT2D eigenvalue weighted by molar-refractivity contribution is 7.93. The zero-order valence-electron chi connectivity index (χ0n) is 11.0. The topological polar surface area (TPSA) is 72.2 Å². The molecule has 1 aromatic carbocycles. The monoisotopic (exact) mass is 296 g/mol. The number of rotatable bonds is 3. The van der Waals surface area contributed by atoms with Crippen LogP contribution in [0.3, 0.4) is 0 Å². The fourth-order valence-electron chi connectivity index (χ4n) is 2.27. The Kier molecular flexibility index (Phi) is 4.63. The van der Waals surface area contributed by atoms with Gasteiger partial charge in [0.1, 0.15) is 5.82 Å². The molecular formula is C14H17FN2O2S. The minimum absolute atomic E-state index is 0.148. The SMILES string of the molecule is NCC#Cc1ccc(NS(=O)(=O)C2CCCC2)cc1F. The van der Waals surface area contributed by atoms with Crippen LogP contribution in [0, 0.1) is 17.7 Å². The predicted octanol–water partition coefficient (Wildman–Crippen LogP) is 1.82. The molecule has 20 heavy (non-hydrogen) atoms. The lowest BCUT2D eigenvalue weighted by molar-refractivity contribution is 0.585. The van der Waals surface area contributed by atoms with E-state index in [-0.39, 0.29) is 23.0 Å². The van der Waals surface area contributed by atoms with Gasteiger partial charge in [0.2, 0.25) is 10.0 Å². The van der Waals surface area contributed by atoms with Crippen LogP contribution >= 0.6 is 0 Å². The fraction of sp³-hybridized carbons (Fsp3) is 0.429. The molecule has 1 saturated carbocycles. The van der Waals surface area contributed by atoms with E-state index in [0.717, 1.165) is 18.9 Å². The lowest BCUT2D eigenvalue weighted by Crippen LogP contribution is -2.25. The van der Waals surface area contributed by atoms with E-state index >= 15 is 0 Å². The second-order valence-electron chi connectivity index (χ2n) is 4.75. The lowest BCUT2D eigenvalue weighted by Gasteiger charge is -2.13. The maximum Gasteiger partial charge on any atom is 0.235 e. The third-order valence-electron chi connectivity index (χ3n) is 3.30.